The van der Waals surface area contributed by atoms with Crippen LogP contribution in [0.15, 0.2) is 28.2 Å². The summed E-state index contributed by atoms with van der Waals surface area (Å²) in [4.78, 5) is 35.6. The number of carbonyl (C=O) groups is 1. The summed E-state index contributed by atoms with van der Waals surface area (Å²) >= 11 is 1.43. The largest absolute Gasteiger partial charge is 0.386 e. The minimum Gasteiger partial charge on any atom is -0.386 e. The van der Waals surface area contributed by atoms with E-state index < -0.39 is 0 Å². The number of aromatic amines is 2. The molecular formula is C17H23N9O2S. The van der Waals surface area contributed by atoms with Crippen molar-refractivity contribution in [2.75, 3.05) is 12.3 Å². The number of thiophene rings is 1. The van der Waals surface area contributed by atoms with Crippen molar-refractivity contribution in [3.8, 4) is 0 Å². The van der Waals surface area contributed by atoms with Gasteiger partial charge in [-0.3, -0.25) is 14.6 Å². The predicted octanol–water partition coefficient (Wildman–Crippen LogP) is -0.0744. The van der Waals surface area contributed by atoms with Crippen LogP contribution < -0.4 is 33.7 Å². The summed E-state index contributed by atoms with van der Waals surface area (Å²) < 4.78 is 0. The zero-order valence-electron chi connectivity index (χ0n) is 15.6. The lowest BCUT2D eigenvalue weighted by molar-refractivity contribution is 0.0957. The first-order chi connectivity index (χ1) is 14.0. The third-order valence-electron chi connectivity index (χ3n) is 4.27. The Balaban J connectivity index is 1.54. The highest BCUT2D eigenvalue weighted by atomic mass is 32.1. The number of amidine groups is 1. The van der Waals surface area contributed by atoms with E-state index in [2.05, 4.69) is 30.9 Å². The quantitative estimate of drug-likeness (QED) is 0.0831. The van der Waals surface area contributed by atoms with Crippen LogP contribution in [0, 0.1) is 0 Å². The second-order valence-electron chi connectivity index (χ2n) is 6.35. The minimum atomic E-state index is -0.261. The number of nitrogen functional groups attached to an aromatic ring is 1. The molecule has 0 spiro atoms. The molecule has 0 bridgehead atoms. The van der Waals surface area contributed by atoms with Gasteiger partial charge < -0.3 is 21.8 Å². The number of aromatic nitrogens is 3. The van der Waals surface area contributed by atoms with E-state index in [0.29, 0.717) is 54.0 Å². The number of hydrogen-bond donors (Lipinski definition) is 7. The number of fused-ring (bicyclic) bond motifs is 1. The highest BCUT2D eigenvalue weighted by Crippen LogP contribution is 2.20. The molecule has 11 nitrogen and oxygen atoms in total. The van der Waals surface area contributed by atoms with Crippen molar-refractivity contribution in [3.05, 3.63) is 44.0 Å². The van der Waals surface area contributed by atoms with Crippen LogP contribution in [0.5, 0.6) is 0 Å². The molecule has 0 saturated heterocycles. The fraction of sp³-hybridized carbons (Fsp3) is 0.294. The van der Waals surface area contributed by atoms with Crippen molar-refractivity contribution in [1.29, 1.82) is 0 Å². The number of H-pyrrole nitrogens is 2. The van der Waals surface area contributed by atoms with E-state index in [9.17, 15) is 9.59 Å². The van der Waals surface area contributed by atoms with Crippen molar-refractivity contribution >= 4 is 40.1 Å². The fourth-order valence-electron chi connectivity index (χ4n) is 2.91. The zero-order chi connectivity index (χ0) is 20.8. The van der Waals surface area contributed by atoms with E-state index in [1.807, 2.05) is 6.07 Å². The molecular weight excluding hydrogens is 394 g/mol. The van der Waals surface area contributed by atoms with Gasteiger partial charge in [-0.25, -0.2) is 11.4 Å². The average Bonchev–Trinajstić information content (AvgIpc) is 3.30. The van der Waals surface area contributed by atoms with Gasteiger partial charge in [-0.1, -0.05) is 0 Å². The average molecular weight is 417 g/mol. The van der Waals surface area contributed by atoms with Gasteiger partial charge in [-0.05, 0) is 37.0 Å². The highest BCUT2D eigenvalue weighted by molar-refractivity contribution is 7.14. The number of hydrazone groups is 1. The first kappa shape index (κ1) is 20.4. The number of nitrogens with zero attached hydrogens (tertiary/aromatic N) is 2. The van der Waals surface area contributed by atoms with Crippen LogP contribution in [0.4, 0.5) is 5.95 Å². The Labute approximate surface area is 169 Å². The van der Waals surface area contributed by atoms with E-state index in [0.717, 1.165) is 10.4 Å². The number of aryl methyl sites for hydroxylation is 2. The Morgan fingerprint density at radius 1 is 1.31 bits per heavy atom. The lowest BCUT2D eigenvalue weighted by Crippen LogP contribution is -2.26. The van der Waals surface area contributed by atoms with Gasteiger partial charge in [0.05, 0.1) is 10.3 Å². The molecule has 0 aliphatic heterocycles. The number of carbonyl (C=O) groups excluding carboxylic acids is 1. The second kappa shape index (κ2) is 9.21. The third kappa shape index (κ3) is 5.12. The van der Waals surface area contributed by atoms with Gasteiger partial charge in [-0.15, -0.1) is 11.3 Å². The summed E-state index contributed by atoms with van der Waals surface area (Å²) in [5.41, 5.74) is 14.4. The normalized spacial score (nSPS) is 11.7. The van der Waals surface area contributed by atoms with Crippen LogP contribution in [0.3, 0.4) is 0 Å². The van der Waals surface area contributed by atoms with Crippen LogP contribution in [0.1, 0.15) is 33.0 Å². The number of nitrogens with two attached hydrogens (primary N) is 3. The zero-order valence-corrected chi connectivity index (χ0v) is 16.4. The molecule has 0 saturated carbocycles. The molecule has 154 valence electrons. The standard InChI is InChI=1S/C17H23N9O2S/c18-12(25-26-20)2-1-7-21-15(27)11-6-5-10(29-11)4-3-9-8-22-14-13(9)16(28)24-17(19)23-14/h5-6,8,26H,1-4,7,20H2,(H2,18,25)(H,21,27)(H4,19,22,23,24,28). The molecule has 0 atom stereocenters. The summed E-state index contributed by atoms with van der Waals surface area (Å²) in [6.45, 7) is 0.487. The van der Waals surface area contributed by atoms with Crippen LogP contribution in [0.25, 0.3) is 11.0 Å². The molecule has 0 aliphatic rings. The summed E-state index contributed by atoms with van der Waals surface area (Å²) in [7, 11) is 0. The number of hydrazine groups is 1. The van der Waals surface area contributed by atoms with Crippen molar-refractivity contribution in [3.63, 3.8) is 0 Å². The van der Waals surface area contributed by atoms with E-state index in [4.69, 9.17) is 17.3 Å². The van der Waals surface area contributed by atoms with Gasteiger partial charge in [0.1, 0.15) is 11.5 Å². The van der Waals surface area contributed by atoms with Crippen LogP contribution in [-0.4, -0.2) is 33.2 Å². The Hall–Kier alpha value is -3.38. The van der Waals surface area contributed by atoms with E-state index in [-0.39, 0.29) is 17.4 Å². The summed E-state index contributed by atoms with van der Waals surface area (Å²) in [6.07, 6.45) is 4.31. The number of hydrogen-bond acceptors (Lipinski definition) is 8. The molecule has 3 rings (SSSR count). The minimum absolute atomic E-state index is 0.0795. The third-order valence-corrected chi connectivity index (χ3v) is 5.42. The molecule has 29 heavy (non-hydrogen) atoms. The molecule has 0 aliphatic carbocycles. The SMILES string of the molecule is NN/N=C(\N)CCCNC(=O)c1ccc(CCc2c[nH]c3nc(N)[nH]c(=O)c23)s1. The molecule has 12 heteroatoms. The number of rotatable bonds is 9. The maximum absolute atomic E-state index is 12.2. The fourth-order valence-corrected chi connectivity index (χ4v) is 3.83. The van der Waals surface area contributed by atoms with Crippen molar-refractivity contribution in [1.82, 2.24) is 25.8 Å². The molecule has 0 fully saturated rings. The lowest BCUT2D eigenvalue weighted by atomic mass is 10.1. The number of nitrogens with one attached hydrogen (secondary N) is 4. The summed E-state index contributed by atoms with van der Waals surface area (Å²) in [5, 5.41) is 7.02. The Morgan fingerprint density at radius 2 is 2.14 bits per heavy atom. The van der Waals surface area contributed by atoms with E-state index >= 15 is 0 Å². The van der Waals surface area contributed by atoms with Gasteiger partial charge in [0.15, 0.2) is 0 Å². The van der Waals surface area contributed by atoms with Crippen LogP contribution >= 0.6 is 11.3 Å². The lowest BCUT2D eigenvalue weighted by Gasteiger charge is -2.03. The van der Waals surface area contributed by atoms with Gasteiger partial charge in [0, 0.05) is 24.0 Å². The van der Waals surface area contributed by atoms with E-state index in [1.54, 1.807) is 12.3 Å². The van der Waals surface area contributed by atoms with Crippen LogP contribution in [0.2, 0.25) is 0 Å². The molecule has 10 N–H and O–H groups in total. The Bertz CT molecular complexity index is 1080. The van der Waals surface area contributed by atoms with Crippen LogP contribution in [-0.2, 0) is 12.8 Å². The smallest absolute Gasteiger partial charge is 0.262 e. The van der Waals surface area contributed by atoms with Crippen molar-refractivity contribution in [2.45, 2.75) is 25.7 Å². The first-order valence-corrected chi connectivity index (χ1v) is 9.80. The van der Waals surface area contributed by atoms with E-state index in [1.165, 1.54) is 11.3 Å². The maximum atomic E-state index is 12.2. The molecule has 3 aromatic heterocycles. The summed E-state index contributed by atoms with van der Waals surface area (Å²) in [6, 6.07) is 3.72. The summed E-state index contributed by atoms with van der Waals surface area (Å²) in [5.74, 6) is 5.38. The number of amides is 1. The molecule has 1 amide bonds. The Morgan fingerprint density at radius 3 is 2.93 bits per heavy atom. The monoisotopic (exact) mass is 417 g/mol. The number of anilines is 1. The van der Waals surface area contributed by atoms with Crippen molar-refractivity contribution in [2.24, 2.45) is 16.7 Å². The topological polar surface area (TPSA) is 193 Å². The predicted molar refractivity (Wildman–Crippen MR) is 113 cm³/mol. The molecule has 0 radical (unpaired) electrons. The molecule has 0 aromatic carbocycles. The van der Waals surface area contributed by atoms with Gasteiger partial charge in [0.25, 0.3) is 11.5 Å². The van der Waals surface area contributed by atoms with Gasteiger partial charge >= 0.3 is 0 Å². The maximum Gasteiger partial charge on any atom is 0.262 e. The van der Waals surface area contributed by atoms with Gasteiger partial charge in [-0.2, -0.15) is 10.1 Å². The first-order valence-electron chi connectivity index (χ1n) is 8.98. The highest BCUT2D eigenvalue weighted by Gasteiger charge is 2.12. The molecule has 3 aromatic rings. The Kier molecular flexibility index (Phi) is 6.46. The second-order valence-corrected chi connectivity index (χ2v) is 7.51. The van der Waals surface area contributed by atoms with Gasteiger partial charge in [0.2, 0.25) is 5.95 Å². The molecule has 3 heterocycles. The molecule has 0 unspecified atom stereocenters. The van der Waals surface area contributed by atoms with Crippen molar-refractivity contribution < 1.29 is 4.79 Å².